The highest BCUT2D eigenvalue weighted by Crippen LogP contribution is 1.95. The molecule has 1 aromatic rings. The highest BCUT2D eigenvalue weighted by molar-refractivity contribution is 5.16. The van der Waals surface area contributed by atoms with Crippen LogP contribution in [0.15, 0.2) is 12.3 Å². The third-order valence-electron chi connectivity index (χ3n) is 0.802. The summed E-state index contributed by atoms with van der Waals surface area (Å²) in [5.41, 5.74) is 4.99. The smallest absolute Gasteiger partial charge is 0.220 e. The molecule has 3 nitrogen and oxygen atoms in total. The van der Waals surface area contributed by atoms with E-state index in [2.05, 4.69) is 9.97 Å². The van der Waals surface area contributed by atoms with Crippen LogP contribution >= 0.6 is 0 Å². The molecule has 0 aliphatic rings. The van der Waals surface area contributed by atoms with Crippen molar-refractivity contribution in [1.29, 1.82) is 0 Å². The monoisotopic (exact) mass is 128 g/mol. The van der Waals surface area contributed by atoms with Crippen LogP contribution < -0.4 is 5.73 Å². The Morgan fingerprint density at radius 2 is 2.89 bits per heavy atom. The molecule has 1 heterocycles. The normalized spacial score (nSPS) is 20.7. The molecular formula is C6H9N3. The summed E-state index contributed by atoms with van der Waals surface area (Å²) in [6.07, 6.45) is -1.29. The van der Waals surface area contributed by atoms with Gasteiger partial charge >= 0.3 is 0 Å². The lowest BCUT2D eigenvalue weighted by Gasteiger charge is -1.93. The predicted molar refractivity (Wildman–Crippen MR) is 35.8 cm³/mol. The summed E-state index contributed by atoms with van der Waals surface area (Å²) in [7, 11) is 0. The van der Waals surface area contributed by atoms with Gasteiger partial charge in [0.2, 0.25) is 5.95 Å². The quantitative estimate of drug-likeness (QED) is 0.603. The van der Waals surface area contributed by atoms with E-state index in [-0.39, 0.29) is 11.6 Å². The molecule has 9 heavy (non-hydrogen) atoms. The number of aryl methyl sites for hydroxylation is 1. The minimum atomic E-state index is -2.77. The van der Waals surface area contributed by atoms with Crippen LogP contribution in [0.25, 0.3) is 0 Å². The topological polar surface area (TPSA) is 51.8 Å². The average molecular weight is 128 g/mol. The van der Waals surface area contributed by atoms with Crippen molar-refractivity contribution in [2.75, 3.05) is 5.73 Å². The Labute approximate surface area is 61.0 Å². The van der Waals surface area contributed by atoms with Gasteiger partial charge in [-0.2, -0.15) is 0 Å². The Morgan fingerprint density at radius 3 is 3.56 bits per heavy atom. The summed E-state index contributed by atoms with van der Waals surface area (Å²) in [6.45, 7) is -2.77. The van der Waals surface area contributed by atoms with Crippen LogP contribution in [0.3, 0.4) is 0 Å². The van der Waals surface area contributed by atoms with Crippen molar-refractivity contribution in [3.05, 3.63) is 18.0 Å². The van der Waals surface area contributed by atoms with E-state index in [9.17, 15) is 0 Å². The van der Waals surface area contributed by atoms with E-state index in [1.165, 1.54) is 12.3 Å². The second-order valence-corrected chi connectivity index (χ2v) is 1.43. The van der Waals surface area contributed by atoms with Crippen LogP contribution in [-0.4, -0.2) is 9.97 Å². The van der Waals surface area contributed by atoms with Crippen molar-refractivity contribution < 1.29 is 6.85 Å². The van der Waals surface area contributed by atoms with Crippen LogP contribution in [0.1, 0.15) is 19.4 Å². The summed E-state index contributed by atoms with van der Waals surface area (Å²) in [6, 6.07) is 1.20. The minimum Gasteiger partial charge on any atom is -0.368 e. The van der Waals surface area contributed by atoms with Crippen molar-refractivity contribution in [1.82, 2.24) is 9.97 Å². The van der Waals surface area contributed by atoms with Gasteiger partial charge in [-0.05, 0) is 12.4 Å². The minimum absolute atomic E-state index is 0.143. The number of nitrogens with two attached hydrogens (primary N) is 1. The third-order valence-corrected chi connectivity index (χ3v) is 0.802. The van der Waals surface area contributed by atoms with Crippen LogP contribution in [0.5, 0.6) is 0 Å². The predicted octanol–water partition coefficient (Wildman–Crippen LogP) is 0.621. The van der Waals surface area contributed by atoms with Gasteiger partial charge in [-0.3, -0.25) is 0 Å². The first-order chi connectivity index (χ1) is 6.25. The third kappa shape index (κ3) is 1.38. The molecule has 0 unspecified atom stereocenters. The van der Waals surface area contributed by atoms with E-state index in [0.717, 1.165) is 0 Å². The van der Waals surface area contributed by atoms with Gasteiger partial charge in [0.25, 0.3) is 0 Å². The zero-order valence-corrected chi connectivity index (χ0v) is 4.63. The van der Waals surface area contributed by atoms with Crippen molar-refractivity contribution in [3.8, 4) is 0 Å². The summed E-state index contributed by atoms with van der Waals surface area (Å²) in [5.74, 6) is -0.143. The van der Waals surface area contributed by atoms with Crippen molar-refractivity contribution >= 4 is 5.95 Å². The van der Waals surface area contributed by atoms with Gasteiger partial charge in [0.15, 0.2) is 0 Å². The fourth-order valence-electron chi connectivity index (χ4n) is 0.443. The largest absolute Gasteiger partial charge is 0.368 e. The van der Waals surface area contributed by atoms with Crippen LogP contribution in [0.4, 0.5) is 5.95 Å². The lowest BCUT2D eigenvalue weighted by atomic mass is 10.3. The standard InChI is InChI=1S/C6H9N3/c1-2-5-3-4-8-6(7)9-5/h3-4H,2H2,1H3,(H2,7,8,9)/i1D3,2D2. The van der Waals surface area contributed by atoms with Crippen molar-refractivity contribution in [2.24, 2.45) is 0 Å². The van der Waals surface area contributed by atoms with Gasteiger partial charge in [-0.15, -0.1) is 0 Å². The Balaban J connectivity index is 3.16. The van der Waals surface area contributed by atoms with E-state index >= 15 is 0 Å². The fraction of sp³-hybridized carbons (Fsp3) is 0.333. The molecular weight excluding hydrogens is 114 g/mol. The van der Waals surface area contributed by atoms with Gasteiger partial charge < -0.3 is 5.73 Å². The molecule has 0 atom stereocenters. The average Bonchev–Trinajstić information content (AvgIpc) is 2.02. The maximum Gasteiger partial charge on any atom is 0.220 e. The van der Waals surface area contributed by atoms with Crippen LogP contribution in [-0.2, 0) is 6.37 Å². The summed E-state index contributed by atoms with van der Waals surface area (Å²) >= 11 is 0. The number of anilines is 1. The SMILES string of the molecule is [2H]C([2H])([2H])C([2H])([2H])c1ccnc(N)n1. The number of hydrogen-bond donors (Lipinski definition) is 1. The molecule has 0 saturated heterocycles. The first-order valence-corrected chi connectivity index (χ1v) is 2.34. The molecule has 0 aromatic carbocycles. The molecule has 0 fully saturated rings. The van der Waals surface area contributed by atoms with E-state index in [1.54, 1.807) is 0 Å². The summed E-state index contributed by atoms with van der Waals surface area (Å²) < 4.78 is 35.7. The molecule has 2 N–H and O–H groups in total. The Kier molecular flexibility index (Phi) is 0.609. The van der Waals surface area contributed by atoms with Gasteiger partial charge in [0.05, 0.1) is 0 Å². The molecule has 0 radical (unpaired) electrons. The zero-order valence-electron chi connectivity index (χ0n) is 9.63. The lowest BCUT2D eigenvalue weighted by molar-refractivity contribution is 1.01. The highest BCUT2D eigenvalue weighted by Gasteiger charge is 1.89. The highest BCUT2D eigenvalue weighted by atomic mass is 15.0. The van der Waals surface area contributed by atoms with Gasteiger partial charge in [0, 0.05) is 18.7 Å². The molecule has 1 aromatic heterocycles. The van der Waals surface area contributed by atoms with E-state index in [0.29, 0.717) is 0 Å². The lowest BCUT2D eigenvalue weighted by Crippen LogP contribution is -1.96. The first-order valence-electron chi connectivity index (χ1n) is 4.84. The molecule has 0 amide bonds. The second-order valence-electron chi connectivity index (χ2n) is 1.43. The summed E-state index contributed by atoms with van der Waals surface area (Å²) in [4.78, 5) is 7.09. The van der Waals surface area contributed by atoms with E-state index < -0.39 is 13.2 Å². The van der Waals surface area contributed by atoms with Gasteiger partial charge in [-0.25, -0.2) is 9.97 Å². The first kappa shape index (κ1) is 2.25. The molecule has 48 valence electrons. The zero-order chi connectivity index (χ0) is 11.0. The second kappa shape index (κ2) is 2.44. The van der Waals surface area contributed by atoms with Gasteiger partial charge in [0.1, 0.15) is 0 Å². The molecule has 0 aliphatic carbocycles. The number of nitrogens with zero attached hydrogens (tertiary/aromatic N) is 2. The number of rotatable bonds is 1. The fourth-order valence-corrected chi connectivity index (χ4v) is 0.443. The molecule has 0 spiro atoms. The van der Waals surface area contributed by atoms with E-state index in [4.69, 9.17) is 12.6 Å². The molecule has 0 aliphatic heterocycles. The van der Waals surface area contributed by atoms with Crippen LogP contribution in [0, 0.1) is 0 Å². The Hall–Kier alpha value is -1.12. The number of hydrogen-bond acceptors (Lipinski definition) is 3. The molecule has 1 rings (SSSR count). The van der Waals surface area contributed by atoms with Crippen LogP contribution in [0.2, 0.25) is 0 Å². The Bertz CT molecular complexity index is 334. The maximum absolute atomic E-state index is 7.37. The summed E-state index contributed by atoms with van der Waals surface area (Å²) in [5, 5.41) is 0. The Morgan fingerprint density at radius 1 is 2.00 bits per heavy atom. The number of nitrogen functional groups attached to an aromatic ring is 1. The van der Waals surface area contributed by atoms with E-state index in [1.807, 2.05) is 0 Å². The van der Waals surface area contributed by atoms with Crippen molar-refractivity contribution in [2.45, 2.75) is 13.2 Å². The number of aromatic nitrogens is 2. The molecule has 0 saturated carbocycles. The molecule has 3 heteroatoms. The van der Waals surface area contributed by atoms with Crippen molar-refractivity contribution in [3.63, 3.8) is 0 Å². The molecule has 0 bridgehead atoms. The van der Waals surface area contributed by atoms with Gasteiger partial charge in [-0.1, -0.05) is 6.85 Å². The maximum atomic E-state index is 7.37.